The van der Waals surface area contributed by atoms with Crippen molar-refractivity contribution in [3.05, 3.63) is 76.7 Å². The van der Waals surface area contributed by atoms with Crippen LogP contribution in [0.25, 0.3) is 10.9 Å². The molecule has 2 saturated heterocycles. The standard InChI is InChI=1S/C24H19F7N2O/c25-14-9-7-13(8-10-14)22-33-11-2-1-6-18(33)21(34-22)16-12-19(24(29,30)31)32-20-15(16)4-3-5-17(20)23(26,27)28/h3-5,7-10,12,18,21-22H,1-2,6,11H2/t18-,21+,22?/m1/s1. The monoisotopic (exact) mass is 484 g/mol. The van der Waals surface area contributed by atoms with E-state index in [2.05, 4.69) is 4.98 Å². The van der Waals surface area contributed by atoms with Gasteiger partial charge in [-0.25, -0.2) is 9.37 Å². The van der Waals surface area contributed by atoms with Gasteiger partial charge in [0.25, 0.3) is 0 Å². The van der Waals surface area contributed by atoms with Crippen LogP contribution in [0.4, 0.5) is 30.7 Å². The van der Waals surface area contributed by atoms with Gasteiger partial charge in [0.2, 0.25) is 0 Å². The molecular weight excluding hydrogens is 465 g/mol. The lowest BCUT2D eigenvalue weighted by atomic mass is 9.91. The van der Waals surface area contributed by atoms with Crippen LogP contribution in [0.2, 0.25) is 0 Å². The van der Waals surface area contributed by atoms with Gasteiger partial charge in [0.15, 0.2) is 0 Å². The van der Waals surface area contributed by atoms with Gasteiger partial charge in [-0.1, -0.05) is 30.7 Å². The molecule has 0 spiro atoms. The van der Waals surface area contributed by atoms with Gasteiger partial charge in [0.05, 0.1) is 11.1 Å². The molecule has 2 aliphatic heterocycles. The molecular formula is C24H19F7N2O. The molecule has 0 bridgehead atoms. The third-order valence-corrected chi connectivity index (χ3v) is 6.45. The predicted molar refractivity (Wildman–Crippen MR) is 109 cm³/mol. The maximum atomic E-state index is 13.7. The van der Waals surface area contributed by atoms with E-state index < -0.39 is 47.3 Å². The molecule has 3 atom stereocenters. The molecule has 1 aromatic heterocycles. The van der Waals surface area contributed by atoms with E-state index in [1.165, 1.54) is 18.2 Å². The van der Waals surface area contributed by atoms with Crippen LogP contribution in [0.5, 0.6) is 0 Å². The molecule has 5 rings (SSSR count). The van der Waals surface area contributed by atoms with Crippen LogP contribution in [0.3, 0.4) is 0 Å². The van der Waals surface area contributed by atoms with Crippen LogP contribution in [-0.4, -0.2) is 22.5 Å². The van der Waals surface area contributed by atoms with Gasteiger partial charge in [0.1, 0.15) is 23.8 Å². The Kier molecular flexibility index (Phi) is 5.55. The Balaban J connectivity index is 1.69. The minimum Gasteiger partial charge on any atom is -0.349 e. The third kappa shape index (κ3) is 4.02. The van der Waals surface area contributed by atoms with Crippen molar-refractivity contribution >= 4 is 10.9 Å². The number of pyridine rings is 1. The van der Waals surface area contributed by atoms with E-state index >= 15 is 0 Å². The van der Waals surface area contributed by atoms with Crippen LogP contribution in [0.15, 0.2) is 48.5 Å². The van der Waals surface area contributed by atoms with Crippen LogP contribution in [0.1, 0.15) is 54.0 Å². The van der Waals surface area contributed by atoms with Crippen LogP contribution in [0, 0.1) is 5.82 Å². The molecule has 3 heterocycles. The number of piperidine rings is 1. The molecule has 2 aliphatic rings. The molecule has 0 radical (unpaired) electrons. The molecule has 0 amide bonds. The lowest BCUT2D eigenvalue weighted by Gasteiger charge is -2.33. The van der Waals surface area contributed by atoms with E-state index in [0.29, 0.717) is 18.5 Å². The number of nitrogens with zero attached hydrogens (tertiary/aromatic N) is 2. The van der Waals surface area contributed by atoms with Crippen LogP contribution in [-0.2, 0) is 17.1 Å². The van der Waals surface area contributed by atoms with Crippen molar-refractivity contribution in [3.8, 4) is 0 Å². The number of fused-ring (bicyclic) bond motifs is 2. The summed E-state index contributed by atoms with van der Waals surface area (Å²) in [5.41, 5.74) is -2.74. The van der Waals surface area contributed by atoms with Crippen LogP contribution >= 0.6 is 0 Å². The van der Waals surface area contributed by atoms with E-state index in [1.807, 2.05) is 4.90 Å². The van der Waals surface area contributed by atoms with E-state index in [0.717, 1.165) is 31.0 Å². The minimum absolute atomic E-state index is 0.0185. The largest absolute Gasteiger partial charge is 0.433 e. The SMILES string of the molecule is Fc1ccc(C2O[C@@H](c3cc(C(F)(F)F)nc4c(C(F)(F)F)cccc34)[C@H]3CCCCN23)cc1. The summed E-state index contributed by atoms with van der Waals surface area (Å²) < 4.78 is 102. The van der Waals surface area contributed by atoms with Gasteiger partial charge in [-0.3, -0.25) is 4.90 Å². The van der Waals surface area contributed by atoms with Crippen molar-refractivity contribution in [2.45, 2.75) is 50.0 Å². The fraction of sp³-hybridized carbons (Fsp3) is 0.375. The van der Waals surface area contributed by atoms with Gasteiger partial charge in [-0.15, -0.1) is 0 Å². The molecule has 2 aromatic carbocycles. The molecule has 34 heavy (non-hydrogen) atoms. The summed E-state index contributed by atoms with van der Waals surface area (Å²) >= 11 is 0. The first-order chi connectivity index (χ1) is 16.0. The summed E-state index contributed by atoms with van der Waals surface area (Å²) in [5, 5.41) is -0.0295. The van der Waals surface area contributed by atoms with Crippen LogP contribution < -0.4 is 0 Å². The second kappa shape index (κ2) is 8.20. The maximum absolute atomic E-state index is 13.7. The first kappa shape index (κ1) is 23.0. The number of halogens is 7. The molecule has 10 heteroatoms. The Bertz CT molecular complexity index is 1210. The number of hydrogen-bond donors (Lipinski definition) is 0. The lowest BCUT2D eigenvalue weighted by molar-refractivity contribution is -0.142. The average molecular weight is 484 g/mol. The Morgan fingerprint density at radius 1 is 0.912 bits per heavy atom. The lowest BCUT2D eigenvalue weighted by Crippen LogP contribution is -2.37. The quantitative estimate of drug-likeness (QED) is 0.365. The topological polar surface area (TPSA) is 25.4 Å². The molecule has 0 N–H and O–H groups in total. The van der Waals surface area contributed by atoms with Crippen molar-refractivity contribution in [2.24, 2.45) is 0 Å². The van der Waals surface area contributed by atoms with E-state index in [9.17, 15) is 30.7 Å². The molecule has 3 aromatic rings. The summed E-state index contributed by atoms with van der Waals surface area (Å²) in [6.45, 7) is 0.603. The molecule has 0 saturated carbocycles. The number of benzene rings is 2. The number of aromatic nitrogens is 1. The highest BCUT2D eigenvalue weighted by Gasteiger charge is 2.46. The minimum atomic E-state index is -4.94. The highest BCUT2D eigenvalue weighted by Crippen LogP contribution is 2.49. The van der Waals surface area contributed by atoms with Gasteiger partial charge in [0, 0.05) is 18.0 Å². The highest BCUT2D eigenvalue weighted by atomic mass is 19.4. The van der Waals surface area contributed by atoms with Crippen molar-refractivity contribution in [1.82, 2.24) is 9.88 Å². The second-order valence-corrected chi connectivity index (χ2v) is 8.56. The van der Waals surface area contributed by atoms with Gasteiger partial charge in [-0.05, 0) is 48.2 Å². The summed E-state index contributed by atoms with van der Waals surface area (Å²) in [5.74, 6) is -0.442. The average Bonchev–Trinajstić information content (AvgIpc) is 3.17. The third-order valence-electron chi connectivity index (χ3n) is 6.45. The number of hydrogen-bond acceptors (Lipinski definition) is 3. The normalized spacial score (nSPS) is 23.9. The first-order valence-electron chi connectivity index (χ1n) is 10.8. The molecule has 0 aliphatic carbocycles. The Hall–Kier alpha value is -2.72. The van der Waals surface area contributed by atoms with E-state index in [-0.39, 0.29) is 17.0 Å². The second-order valence-electron chi connectivity index (χ2n) is 8.56. The molecule has 2 fully saturated rings. The predicted octanol–water partition coefficient (Wildman–Crippen LogP) is 7.04. The first-order valence-corrected chi connectivity index (χ1v) is 10.8. The number of rotatable bonds is 2. The van der Waals surface area contributed by atoms with Crippen molar-refractivity contribution in [1.29, 1.82) is 0 Å². The zero-order chi connectivity index (χ0) is 24.3. The van der Waals surface area contributed by atoms with E-state index in [4.69, 9.17) is 4.74 Å². The number of para-hydroxylation sites is 1. The maximum Gasteiger partial charge on any atom is 0.433 e. The van der Waals surface area contributed by atoms with Crippen molar-refractivity contribution in [3.63, 3.8) is 0 Å². The van der Waals surface area contributed by atoms with Gasteiger partial charge >= 0.3 is 12.4 Å². The Morgan fingerprint density at radius 2 is 1.65 bits per heavy atom. The fourth-order valence-electron chi connectivity index (χ4n) is 4.97. The number of alkyl halides is 6. The molecule has 1 unspecified atom stereocenters. The Morgan fingerprint density at radius 3 is 2.32 bits per heavy atom. The van der Waals surface area contributed by atoms with Crippen molar-refractivity contribution < 1.29 is 35.5 Å². The number of ether oxygens (including phenoxy) is 1. The summed E-state index contributed by atoms with van der Waals surface area (Å²) in [6, 6.07) is 9.31. The van der Waals surface area contributed by atoms with Gasteiger partial charge in [-0.2, -0.15) is 26.3 Å². The summed E-state index contributed by atoms with van der Waals surface area (Å²) in [6.07, 6.45) is -9.13. The molecule has 180 valence electrons. The summed E-state index contributed by atoms with van der Waals surface area (Å²) in [7, 11) is 0. The van der Waals surface area contributed by atoms with E-state index in [1.54, 1.807) is 12.1 Å². The fourth-order valence-corrected chi connectivity index (χ4v) is 4.97. The van der Waals surface area contributed by atoms with Crippen molar-refractivity contribution in [2.75, 3.05) is 6.54 Å². The highest BCUT2D eigenvalue weighted by molar-refractivity contribution is 5.86. The van der Waals surface area contributed by atoms with Gasteiger partial charge < -0.3 is 4.74 Å². The Labute approximate surface area is 190 Å². The molecule has 3 nitrogen and oxygen atoms in total. The smallest absolute Gasteiger partial charge is 0.349 e. The zero-order valence-electron chi connectivity index (χ0n) is 17.6. The zero-order valence-corrected chi connectivity index (χ0v) is 17.6. The summed E-state index contributed by atoms with van der Waals surface area (Å²) in [4.78, 5) is 5.37.